The lowest BCUT2D eigenvalue weighted by Crippen LogP contribution is -2.29. The summed E-state index contributed by atoms with van der Waals surface area (Å²) in [6, 6.07) is 2.25. The summed E-state index contributed by atoms with van der Waals surface area (Å²) < 4.78 is 10.0. The van der Waals surface area contributed by atoms with Crippen molar-refractivity contribution >= 4 is 23.4 Å². The Morgan fingerprint density at radius 2 is 2.17 bits per heavy atom. The number of hydrogen-bond acceptors (Lipinski definition) is 8. The average Bonchev–Trinajstić information content (AvgIpc) is 2.92. The molecule has 0 radical (unpaired) electrons. The van der Waals surface area contributed by atoms with Crippen molar-refractivity contribution in [3.05, 3.63) is 50.1 Å². The molecule has 0 unspecified atom stereocenters. The van der Waals surface area contributed by atoms with Gasteiger partial charge in [-0.25, -0.2) is 4.79 Å². The zero-order valence-corrected chi connectivity index (χ0v) is 12.6. The molecule has 126 valence electrons. The van der Waals surface area contributed by atoms with Gasteiger partial charge in [0.2, 0.25) is 11.8 Å². The van der Waals surface area contributed by atoms with E-state index in [0.29, 0.717) is 5.69 Å². The fraction of sp³-hybridized carbons (Fsp3) is 0.231. The van der Waals surface area contributed by atoms with E-state index in [4.69, 9.17) is 4.52 Å². The highest BCUT2D eigenvalue weighted by molar-refractivity contribution is 5.91. The van der Waals surface area contributed by atoms with Gasteiger partial charge >= 0.3 is 17.2 Å². The number of aryl methyl sites for hydroxylation is 1. The molecule has 24 heavy (non-hydrogen) atoms. The minimum absolute atomic E-state index is 0.0594. The molecule has 2 heterocycles. The van der Waals surface area contributed by atoms with Gasteiger partial charge in [-0.15, -0.1) is 0 Å². The number of hydrogen-bond donors (Lipinski definition) is 1. The van der Waals surface area contributed by atoms with Crippen LogP contribution >= 0.6 is 0 Å². The average molecular weight is 336 g/mol. The predicted octanol–water partition coefficient (Wildman–Crippen LogP) is 0.478. The summed E-state index contributed by atoms with van der Waals surface area (Å²) in [7, 11) is 1.09. The lowest BCUT2D eigenvalue weighted by Gasteiger charge is -2.07. The van der Waals surface area contributed by atoms with Crippen molar-refractivity contribution in [2.45, 2.75) is 13.5 Å². The van der Waals surface area contributed by atoms with Gasteiger partial charge in [0, 0.05) is 18.3 Å². The van der Waals surface area contributed by atoms with Gasteiger partial charge in [0.15, 0.2) is 0 Å². The fourth-order valence-electron chi connectivity index (χ4n) is 1.85. The molecule has 0 aliphatic carbocycles. The lowest BCUT2D eigenvalue weighted by molar-refractivity contribution is -0.386. The van der Waals surface area contributed by atoms with Crippen molar-refractivity contribution in [1.82, 2.24) is 9.72 Å². The Hall–Kier alpha value is -3.50. The van der Waals surface area contributed by atoms with Crippen molar-refractivity contribution in [2.24, 2.45) is 0 Å². The van der Waals surface area contributed by atoms with E-state index in [1.54, 1.807) is 6.92 Å². The third-order valence-corrected chi connectivity index (χ3v) is 2.89. The quantitative estimate of drug-likeness (QED) is 0.471. The number of ether oxygens (including phenoxy) is 1. The number of amides is 1. The highest BCUT2D eigenvalue weighted by Gasteiger charge is 2.21. The van der Waals surface area contributed by atoms with E-state index in [-0.39, 0.29) is 11.4 Å². The molecular formula is C13H12N4O7. The van der Waals surface area contributed by atoms with Crippen LogP contribution in [0.1, 0.15) is 16.1 Å². The molecular weight excluding hydrogens is 324 g/mol. The zero-order valence-electron chi connectivity index (χ0n) is 12.6. The maximum atomic E-state index is 12.0. The second-order valence-electron chi connectivity index (χ2n) is 4.68. The van der Waals surface area contributed by atoms with Crippen LogP contribution in [0.25, 0.3) is 0 Å². The van der Waals surface area contributed by atoms with Crippen molar-refractivity contribution in [2.75, 3.05) is 12.4 Å². The number of pyridine rings is 1. The number of esters is 1. The minimum Gasteiger partial charge on any atom is -0.465 e. The number of nitrogens with one attached hydrogen (secondary N) is 1. The van der Waals surface area contributed by atoms with Gasteiger partial charge in [0.25, 0.3) is 0 Å². The lowest BCUT2D eigenvalue weighted by atomic mass is 10.2. The first-order valence-electron chi connectivity index (χ1n) is 6.52. The molecule has 0 atom stereocenters. The van der Waals surface area contributed by atoms with Crippen LogP contribution in [0.3, 0.4) is 0 Å². The summed E-state index contributed by atoms with van der Waals surface area (Å²) in [6.07, 6.45) is 1.01. The van der Waals surface area contributed by atoms with Crippen LogP contribution in [-0.4, -0.2) is 33.6 Å². The molecule has 1 N–H and O–H groups in total. The van der Waals surface area contributed by atoms with Crippen molar-refractivity contribution < 1.29 is 23.8 Å². The molecule has 2 rings (SSSR count). The highest BCUT2D eigenvalue weighted by Crippen LogP contribution is 2.11. The SMILES string of the molecule is COC(=O)c1cc([N+](=O)[O-])c(=O)n(CC(=O)Nc2cc(C)no2)c1. The normalized spacial score (nSPS) is 10.2. The maximum absolute atomic E-state index is 12.0. The first-order chi connectivity index (χ1) is 11.3. The fourth-order valence-corrected chi connectivity index (χ4v) is 1.85. The third-order valence-electron chi connectivity index (χ3n) is 2.89. The van der Waals surface area contributed by atoms with Crippen LogP contribution < -0.4 is 10.9 Å². The first kappa shape index (κ1) is 16.9. The van der Waals surface area contributed by atoms with E-state index < -0.39 is 34.6 Å². The van der Waals surface area contributed by atoms with E-state index in [1.807, 2.05) is 0 Å². The van der Waals surface area contributed by atoms with Gasteiger partial charge < -0.3 is 9.26 Å². The van der Waals surface area contributed by atoms with E-state index in [2.05, 4.69) is 15.2 Å². The van der Waals surface area contributed by atoms with Gasteiger partial charge in [-0.2, -0.15) is 0 Å². The van der Waals surface area contributed by atoms with Crippen LogP contribution in [0, 0.1) is 17.0 Å². The van der Waals surface area contributed by atoms with Gasteiger partial charge in [-0.3, -0.25) is 29.6 Å². The van der Waals surface area contributed by atoms with Gasteiger partial charge in [0.05, 0.1) is 23.3 Å². The molecule has 2 aromatic rings. The molecule has 0 saturated carbocycles. The second-order valence-corrected chi connectivity index (χ2v) is 4.68. The molecule has 0 bridgehead atoms. The van der Waals surface area contributed by atoms with E-state index >= 15 is 0 Å². The molecule has 0 spiro atoms. The van der Waals surface area contributed by atoms with Gasteiger partial charge in [-0.05, 0) is 6.92 Å². The maximum Gasteiger partial charge on any atom is 0.339 e. The monoisotopic (exact) mass is 336 g/mol. The molecule has 11 heteroatoms. The Morgan fingerprint density at radius 3 is 2.71 bits per heavy atom. The molecule has 0 aliphatic heterocycles. The number of nitrogens with zero attached hydrogens (tertiary/aromatic N) is 3. The van der Waals surface area contributed by atoms with Gasteiger partial charge in [0.1, 0.15) is 6.54 Å². The summed E-state index contributed by atoms with van der Waals surface area (Å²) in [5.41, 5.74) is -1.57. The topological polar surface area (TPSA) is 147 Å². The van der Waals surface area contributed by atoms with Crippen LogP contribution in [0.15, 0.2) is 27.6 Å². The molecule has 0 saturated heterocycles. The summed E-state index contributed by atoms with van der Waals surface area (Å²) in [5, 5.41) is 16.8. The van der Waals surface area contributed by atoms with Crippen molar-refractivity contribution in [1.29, 1.82) is 0 Å². The molecule has 11 nitrogen and oxygen atoms in total. The summed E-state index contributed by atoms with van der Waals surface area (Å²) in [4.78, 5) is 45.5. The third kappa shape index (κ3) is 3.63. The number of anilines is 1. The first-order valence-corrected chi connectivity index (χ1v) is 6.52. The molecule has 0 aliphatic rings. The second kappa shape index (κ2) is 6.73. The zero-order chi connectivity index (χ0) is 17.9. The largest absolute Gasteiger partial charge is 0.465 e. The van der Waals surface area contributed by atoms with Crippen LogP contribution in [0.4, 0.5) is 11.6 Å². The summed E-state index contributed by atoms with van der Waals surface area (Å²) >= 11 is 0. The minimum atomic E-state index is -1.03. The smallest absolute Gasteiger partial charge is 0.339 e. The number of nitro groups is 1. The standard InChI is InChI=1S/C13H12N4O7/c1-7-3-11(24-15-7)14-10(18)6-16-5-8(13(20)23-2)4-9(12(16)19)17(21)22/h3-5H,6H2,1-2H3,(H,14,18). The predicted molar refractivity (Wildman–Crippen MR) is 78.6 cm³/mol. The Kier molecular flexibility index (Phi) is 4.73. The van der Waals surface area contributed by atoms with E-state index in [0.717, 1.165) is 23.9 Å². The van der Waals surface area contributed by atoms with E-state index in [9.17, 15) is 24.5 Å². The highest BCUT2D eigenvalue weighted by atomic mass is 16.6. The molecule has 1 amide bonds. The molecule has 0 aromatic carbocycles. The number of aromatic nitrogens is 2. The van der Waals surface area contributed by atoms with Crippen molar-refractivity contribution in [3.63, 3.8) is 0 Å². The number of carbonyl (C=O) groups is 2. The molecule has 2 aromatic heterocycles. The summed E-state index contributed by atoms with van der Waals surface area (Å²) in [5.74, 6) is -1.51. The Labute approximate surface area is 134 Å². The Morgan fingerprint density at radius 1 is 1.46 bits per heavy atom. The van der Waals surface area contributed by atoms with E-state index in [1.165, 1.54) is 6.07 Å². The Balaban J connectivity index is 2.32. The number of rotatable bonds is 5. The summed E-state index contributed by atoms with van der Waals surface area (Å²) in [6.45, 7) is 1.08. The molecule has 0 fully saturated rings. The van der Waals surface area contributed by atoms with Crippen LogP contribution in [0.5, 0.6) is 0 Å². The Bertz CT molecular complexity index is 867. The number of methoxy groups -OCH3 is 1. The number of carbonyl (C=O) groups excluding carboxylic acids is 2. The van der Waals surface area contributed by atoms with Crippen LogP contribution in [0.2, 0.25) is 0 Å². The van der Waals surface area contributed by atoms with Crippen molar-refractivity contribution in [3.8, 4) is 0 Å². The van der Waals surface area contributed by atoms with Gasteiger partial charge in [-0.1, -0.05) is 5.16 Å². The van der Waals surface area contributed by atoms with Crippen LogP contribution in [-0.2, 0) is 16.1 Å².